The maximum atomic E-state index is 2.30. The van der Waals surface area contributed by atoms with E-state index in [1.165, 1.54) is 43.2 Å². The normalized spacial score (nSPS) is 15.9. The van der Waals surface area contributed by atoms with E-state index in [9.17, 15) is 0 Å². The summed E-state index contributed by atoms with van der Waals surface area (Å²) < 4.78 is 0. The van der Waals surface area contributed by atoms with E-state index in [1.807, 2.05) is 0 Å². The van der Waals surface area contributed by atoms with Gasteiger partial charge in [-0.3, -0.25) is 0 Å². The first-order chi connectivity index (χ1) is 6.81. The van der Waals surface area contributed by atoms with Crippen LogP contribution >= 0.6 is 0 Å². The number of benzene rings is 1. The summed E-state index contributed by atoms with van der Waals surface area (Å²) >= 11 is 0. The summed E-state index contributed by atoms with van der Waals surface area (Å²) in [5, 5.41) is 0. The minimum absolute atomic E-state index is 1.06. The maximum absolute atomic E-state index is 2.30. The van der Waals surface area contributed by atoms with Crippen LogP contribution in [0.5, 0.6) is 0 Å². The fourth-order valence-electron chi connectivity index (χ4n) is 2.16. The molecule has 1 aliphatic carbocycles. The van der Waals surface area contributed by atoms with Gasteiger partial charge in [0.15, 0.2) is 0 Å². The third kappa shape index (κ3) is 2.17. The van der Waals surface area contributed by atoms with Crippen LogP contribution in [0.1, 0.15) is 42.9 Å². The van der Waals surface area contributed by atoms with Crippen LogP contribution in [0, 0.1) is 12.8 Å². The molecule has 1 aliphatic rings. The second kappa shape index (κ2) is 4.16. The Morgan fingerprint density at radius 3 is 2.57 bits per heavy atom. The van der Waals surface area contributed by atoms with Crippen LogP contribution in [-0.4, -0.2) is 0 Å². The Kier molecular flexibility index (Phi) is 2.90. The average Bonchev–Trinajstić information content (AvgIpc) is 3.00. The van der Waals surface area contributed by atoms with Gasteiger partial charge in [-0.05, 0) is 48.8 Å². The number of hydrogen-bond donors (Lipinski definition) is 0. The molecular formula is C14H20. The predicted octanol–water partition coefficient (Wildman–Crippen LogP) is 3.90. The van der Waals surface area contributed by atoms with Crippen molar-refractivity contribution < 1.29 is 0 Å². The zero-order valence-corrected chi connectivity index (χ0v) is 9.34. The molecule has 14 heavy (non-hydrogen) atoms. The molecule has 1 aromatic rings. The summed E-state index contributed by atoms with van der Waals surface area (Å²) in [5.74, 6) is 1.06. The minimum atomic E-state index is 1.06. The van der Waals surface area contributed by atoms with Gasteiger partial charge in [0.1, 0.15) is 0 Å². The lowest BCUT2D eigenvalue weighted by atomic mass is 9.97. The number of rotatable bonds is 4. The Hall–Kier alpha value is -0.780. The van der Waals surface area contributed by atoms with Gasteiger partial charge < -0.3 is 0 Å². The summed E-state index contributed by atoms with van der Waals surface area (Å²) in [6.45, 7) is 4.52. The molecule has 0 nitrogen and oxygen atoms in total. The lowest BCUT2D eigenvalue weighted by Gasteiger charge is -2.09. The Bertz CT molecular complexity index is 308. The van der Waals surface area contributed by atoms with E-state index < -0.39 is 0 Å². The lowest BCUT2D eigenvalue weighted by Crippen LogP contribution is -1.95. The Labute approximate surface area is 87.3 Å². The zero-order chi connectivity index (χ0) is 9.97. The Balaban J connectivity index is 2.06. The molecule has 0 aromatic heterocycles. The topological polar surface area (TPSA) is 0 Å². The first kappa shape index (κ1) is 9.76. The second-order valence-electron chi connectivity index (χ2n) is 4.54. The maximum Gasteiger partial charge on any atom is -0.0274 e. The molecule has 1 fully saturated rings. The fourth-order valence-corrected chi connectivity index (χ4v) is 2.16. The molecule has 0 amide bonds. The monoisotopic (exact) mass is 188 g/mol. The molecule has 2 rings (SSSR count). The van der Waals surface area contributed by atoms with E-state index in [2.05, 4.69) is 32.0 Å². The van der Waals surface area contributed by atoms with Crippen LogP contribution in [0.15, 0.2) is 18.2 Å². The van der Waals surface area contributed by atoms with Crippen LogP contribution in [0.3, 0.4) is 0 Å². The van der Waals surface area contributed by atoms with Crippen molar-refractivity contribution in [1.29, 1.82) is 0 Å². The van der Waals surface area contributed by atoms with Crippen LogP contribution < -0.4 is 0 Å². The van der Waals surface area contributed by atoms with Crippen LogP contribution in [0.2, 0.25) is 0 Å². The summed E-state index contributed by atoms with van der Waals surface area (Å²) in [5.41, 5.74) is 4.64. The van der Waals surface area contributed by atoms with Gasteiger partial charge in [-0.1, -0.05) is 38.0 Å². The van der Waals surface area contributed by atoms with Crippen molar-refractivity contribution in [3.05, 3.63) is 34.9 Å². The standard InChI is InChI=1S/C14H20/c1-3-13-5-4-6-14(11(13)2)10-9-12-7-8-12/h4-6,12H,3,7-10H2,1-2H3. The minimum Gasteiger partial charge on any atom is -0.0617 e. The second-order valence-corrected chi connectivity index (χ2v) is 4.54. The summed E-state index contributed by atoms with van der Waals surface area (Å²) in [7, 11) is 0. The van der Waals surface area contributed by atoms with Gasteiger partial charge in [0, 0.05) is 0 Å². The summed E-state index contributed by atoms with van der Waals surface area (Å²) in [6, 6.07) is 6.78. The average molecular weight is 188 g/mol. The van der Waals surface area contributed by atoms with E-state index in [-0.39, 0.29) is 0 Å². The van der Waals surface area contributed by atoms with E-state index in [4.69, 9.17) is 0 Å². The van der Waals surface area contributed by atoms with Gasteiger partial charge >= 0.3 is 0 Å². The molecule has 0 atom stereocenters. The first-order valence-corrected chi connectivity index (χ1v) is 5.88. The Morgan fingerprint density at radius 1 is 1.21 bits per heavy atom. The quantitative estimate of drug-likeness (QED) is 0.672. The molecule has 0 N–H and O–H groups in total. The SMILES string of the molecule is CCc1cccc(CCC2CC2)c1C. The highest BCUT2D eigenvalue weighted by atomic mass is 14.3. The molecule has 0 spiro atoms. The first-order valence-electron chi connectivity index (χ1n) is 5.88. The largest absolute Gasteiger partial charge is 0.0617 e. The third-order valence-electron chi connectivity index (χ3n) is 3.46. The van der Waals surface area contributed by atoms with Gasteiger partial charge in [-0.15, -0.1) is 0 Å². The number of hydrogen-bond acceptors (Lipinski definition) is 0. The molecule has 1 aromatic carbocycles. The van der Waals surface area contributed by atoms with Crippen molar-refractivity contribution in [1.82, 2.24) is 0 Å². The van der Waals surface area contributed by atoms with Crippen molar-refractivity contribution in [2.75, 3.05) is 0 Å². The van der Waals surface area contributed by atoms with Crippen molar-refractivity contribution >= 4 is 0 Å². The molecule has 0 saturated heterocycles. The molecule has 0 aliphatic heterocycles. The molecule has 0 heteroatoms. The van der Waals surface area contributed by atoms with Crippen LogP contribution in [0.4, 0.5) is 0 Å². The van der Waals surface area contributed by atoms with Crippen molar-refractivity contribution in [2.24, 2.45) is 5.92 Å². The van der Waals surface area contributed by atoms with E-state index in [1.54, 1.807) is 5.56 Å². The smallest absolute Gasteiger partial charge is 0.0274 e. The fraction of sp³-hybridized carbons (Fsp3) is 0.571. The summed E-state index contributed by atoms with van der Waals surface area (Å²) in [4.78, 5) is 0. The van der Waals surface area contributed by atoms with E-state index in [0.717, 1.165) is 5.92 Å². The van der Waals surface area contributed by atoms with Gasteiger partial charge in [-0.25, -0.2) is 0 Å². The van der Waals surface area contributed by atoms with Crippen LogP contribution in [0.25, 0.3) is 0 Å². The highest BCUT2D eigenvalue weighted by Crippen LogP contribution is 2.34. The molecular weight excluding hydrogens is 168 g/mol. The van der Waals surface area contributed by atoms with Gasteiger partial charge in [-0.2, -0.15) is 0 Å². The van der Waals surface area contributed by atoms with Crippen molar-refractivity contribution in [2.45, 2.75) is 46.0 Å². The highest BCUT2D eigenvalue weighted by Gasteiger charge is 2.20. The predicted molar refractivity (Wildman–Crippen MR) is 61.6 cm³/mol. The molecule has 0 radical (unpaired) electrons. The van der Waals surface area contributed by atoms with Crippen molar-refractivity contribution in [3.8, 4) is 0 Å². The zero-order valence-electron chi connectivity index (χ0n) is 9.34. The van der Waals surface area contributed by atoms with Gasteiger partial charge in [0.25, 0.3) is 0 Å². The lowest BCUT2D eigenvalue weighted by molar-refractivity contribution is 0.723. The van der Waals surface area contributed by atoms with Crippen molar-refractivity contribution in [3.63, 3.8) is 0 Å². The third-order valence-corrected chi connectivity index (χ3v) is 3.46. The van der Waals surface area contributed by atoms with Crippen LogP contribution in [-0.2, 0) is 12.8 Å². The Morgan fingerprint density at radius 2 is 1.93 bits per heavy atom. The molecule has 0 heterocycles. The van der Waals surface area contributed by atoms with E-state index >= 15 is 0 Å². The highest BCUT2D eigenvalue weighted by molar-refractivity contribution is 5.34. The summed E-state index contributed by atoms with van der Waals surface area (Å²) in [6.07, 6.45) is 6.83. The molecule has 0 bridgehead atoms. The molecule has 0 unspecified atom stereocenters. The molecule has 1 saturated carbocycles. The van der Waals surface area contributed by atoms with E-state index in [0.29, 0.717) is 0 Å². The van der Waals surface area contributed by atoms with Gasteiger partial charge in [0.05, 0.1) is 0 Å². The number of aryl methyl sites for hydroxylation is 2. The van der Waals surface area contributed by atoms with Gasteiger partial charge in [0.2, 0.25) is 0 Å². The molecule has 76 valence electrons.